The molecule has 0 aromatic carbocycles. The molecule has 3 aromatic rings. The van der Waals surface area contributed by atoms with Crippen molar-refractivity contribution in [2.45, 2.75) is 84.3 Å². The lowest BCUT2D eigenvalue weighted by molar-refractivity contribution is 0.00446. The van der Waals surface area contributed by atoms with E-state index in [4.69, 9.17) is 15.0 Å². The van der Waals surface area contributed by atoms with Crippen LogP contribution in [0.1, 0.15) is 51.9 Å². The summed E-state index contributed by atoms with van der Waals surface area (Å²) in [6, 6.07) is 1.10. The lowest BCUT2D eigenvalue weighted by Gasteiger charge is -2.34. The highest BCUT2D eigenvalue weighted by Gasteiger charge is 2.42. The molecule has 3 aromatic heterocycles. The average Bonchev–Trinajstić information content (AvgIpc) is 3.38. The summed E-state index contributed by atoms with van der Waals surface area (Å²) >= 11 is 1.51. The van der Waals surface area contributed by atoms with Crippen LogP contribution >= 0.6 is 11.3 Å². The number of hydrogen-bond acceptors (Lipinski definition) is 11. The summed E-state index contributed by atoms with van der Waals surface area (Å²) in [6.45, 7) is 11.2. The maximum absolute atomic E-state index is 10.8. The molecule has 0 spiro atoms. The summed E-state index contributed by atoms with van der Waals surface area (Å²) in [4.78, 5) is 18.7. The Morgan fingerprint density at radius 1 is 1.14 bits per heavy atom. The monoisotopic (exact) mass is 530 g/mol. The van der Waals surface area contributed by atoms with Gasteiger partial charge in [0.05, 0.1) is 45.4 Å². The fourth-order valence-corrected chi connectivity index (χ4v) is 6.21. The van der Waals surface area contributed by atoms with Crippen molar-refractivity contribution >= 4 is 33.3 Å². The molecule has 1 saturated carbocycles. The zero-order valence-corrected chi connectivity index (χ0v) is 23.0. The number of nitrogens with one attached hydrogen (secondary N) is 2. The average molecular weight is 531 g/mol. The molecule has 37 heavy (non-hydrogen) atoms. The van der Waals surface area contributed by atoms with Crippen molar-refractivity contribution in [1.29, 1.82) is 0 Å². The Balaban J connectivity index is 1.80. The molecule has 6 atom stereocenters. The van der Waals surface area contributed by atoms with Crippen LogP contribution in [0.2, 0.25) is 0 Å². The number of fused-ring (bicyclic) bond motifs is 1. The number of aryl methyl sites for hydroxylation is 2. The largest absolute Gasteiger partial charge is 0.396 e. The summed E-state index contributed by atoms with van der Waals surface area (Å²) in [5.74, 6) is 0.532. The van der Waals surface area contributed by atoms with E-state index in [2.05, 4.69) is 29.5 Å². The molecule has 11 heteroatoms. The molecular weight excluding hydrogens is 492 g/mol. The van der Waals surface area contributed by atoms with Crippen LogP contribution in [0.5, 0.6) is 0 Å². The summed E-state index contributed by atoms with van der Waals surface area (Å²) in [5, 5.41) is 48.9. The van der Waals surface area contributed by atoms with Crippen molar-refractivity contribution in [3.8, 4) is 10.6 Å². The highest BCUT2D eigenvalue weighted by molar-refractivity contribution is 7.21. The third kappa shape index (κ3) is 5.56. The fourth-order valence-electron chi connectivity index (χ4n) is 5.10. The van der Waals surface area contributed by atoms with Crippen LogP contribution in [0.15, 0.2) is 12.3 Å². The summed E-state index contributed by atoms with van der Waals surface area (Å²) < 4.78 is 0.991. The van der Waals surface area contributed by atoms with E-state index in [1.54, 1.807) is 20.0 Å². The second-order valence-electron chi connectivity index (χ2n) is 10.7. The van der Waals surface area contributed by atoms with Crippen molar-refractivity contribution in [3.05, 3.63) is 23.7 Å². The van der Waals surface area contributed by atoms with E-state index in [-0.39, 0.29) is 18.6 Å². The van der Waals surface area contributed by atoms with Gasteiger partial charge in [0.25, 0.3) is 0 Å². The van der Waals surface area contributed by atoms with Crippen LogP contribution in [-0.4, -0.2) is 76.9 Å². The molecule has 1 aliphatic rings. The maximum atomic E-state index is 10.8. The minimum atomic E-state index is -1.07. The van der Waals surface area contributed by atoms with E-state index >= 15 is 0 Å². The van der Waals surface area contributed by atoms with Crippen molar-refractivity contribution < 1.29 is 20.4 Å². The van der Waals surface area contributed by atoms with Crippen molar-refractivity contribution in [2.24, 2.45) is 11.8 Å². The maximum Gasteiger partial charge on any atom is 0.225 e. The predicted molar refractivity (Wildman–Crippen MR) is 146 cm³/mol. The Bertz CT molecular complexity index is 1250. The second-order valence-corrected chi connectivity index (χ2v) is 11.7. The van der Waals surface area contributed by atoms with Gasteiger partial charge in [-0.25, -0.2) is 9.97 Å². The summed E-state index contributed by atoms with van der Waals surface area (Å²) in [5.41, 5.74) is 1.99. The normalized spacial score (nSPS) is 23.8. The van der Waals surface area contributed by atoms with Crippen molar-refractivity contribution in [2.75, 3.05) is 17.2 Å². The Labute approximate surface area is 221 Å². The second kappa shape index (κ2) is 10.7. The fraction of sp³-hybridized carbons (Fsp3) is 0.615. The first-order valence-corrected chi connectivity index (χ1v) is 13.6. The highest BCUT2D eigenvalue weighted by Crippen LogP contribution is 2.39. The molecule has 202 valence electrons. The lowest BCUT2D eigenvalue weighted by Crippen LogP contribution is -2.46. The smallest absolute Gasteiger partial charge is 0.225 e. The van der Waals surface area contributed by atoms with E-state index in [9.17, 15) is 20.4 Å². The molecule has 6 N–H and O–H groups in total. The van der Waals surface area contributed by atoms with Gasteiger partial charge in [-0.15, -0.1) is 11.3 Å². The number of hydrogen-bond donors (Lipinski definition) is 6. The molecule has 3 heterocycles. The van der Waals surface area contributed by atoms with Gasteiger partial charge >= 0.3 is 0 Å². The Kier molecular flexibility index (Phi) is 8.01. The van der Waals surface area contributed by atoms with E-state index < -0.39 is 29.8 Å². The van der Waals surface area contributed by atoms with Crippen LogP contribution in [0.3, 0.4) is 0 Å². The molecule has 6 unspecified atom stereocenters. The third-order valence-electron chi connectivity index (χ3n) is 7.41. The van der Waals surface area contributed by atoms with Crippen LogP contribution in [0.4, 0.5) is 11.8 Å². The molecule has 1 aliphatic carbocycles. The number of aromatic nitrogens is 4. The number of rotatable bonds is 9. The SMILES string of the molecule is CCC(C)C(Nc1nc(C)c(-c2nc3c(C)nccc3s2)c(NC2CC(CO)C(O)C2O)n1)C(C)(C)O. The summed E-state index contributed by atoms with van der Waals surface area (Å²) in [6.07, 6.45) is 0.894. The van der Waals surface area contributed by atoms with Crippen molar-refractivity contribution in [1.82, 2.24) is 19.9 Å². The molecule has 0 bridgehead atoms. The van der Waals surface area contributed by atoms with Gasteiger partial charge < -0.3 is 31.1 Å². The first-order valence-electron chi connectivity index (χ1n) is 12.8. The predicted octanol–water partition coefficient (Wildman–Crippen LogP) is 2.88. The van der Waals surface area contributed by atoms with Gasteiger partial charge in [-0.1, -0.05) is 20.3 Å². The van der Waals surface area contributed by atoms with E-state index in [1.807, 2.05) is 19.9 Å². The molecule has 10 nitrogen and oxygen atoms in total. The zero-order chi connectivity index (χ0) is 27.1. The number of thiazole rings is 1. The molecule has 1 fully saturated rings. The highest BCUT2D eigenvalue weighted by atomic mass is 32.1. The number of aliphatic hydroxyl groups excluding tert-OH is 3. The molecule has 0 amide bonds. The third-order valence-corrected chi connectivity index (χ3v) is 8.45. The van der Waals surface area contributed by atoms with Gasteiger partial charge in [-0.2, -0.15) is 4.98 Å². The van der Waals surface area contributed by atoms with Gasteiger partial charge in [0, 0.05) is 18.7 Å². The topological polar surface area (TPSA) is 157 Å². The van der Waals surface area contributed by atoms with Gasteiger partial charge in [0.15, 0.2) is 0 Å². The number of pyridine rings is 1. The Morgan fingerprint density at radius 3 is 2.46 bits per heavy atom. The van der Waals surface area contributed by atoms with Crippen LogP contribution < -0.4 is 10.6 Å². The van der Waals surface area contributed by atoms with E-state index in [0.29, 0.717) is 34.5 Å². The van der Waals surface area contributed by atoms with Crippen molar-refractivity contribution in [3.63, 3.8) is 0 Å². The Hall–Kier alpha value is -2.44. The minimum absolute atomic E-state index is 0.150. The number of anilines is 2. The number of aliphatic hydroxyl groups is 4. The van der Waals surface area contributed by atoms with Crippen LogP contribution in [-0.2, 0) is 0 Å². The number of nitrogens with zero attached hydrogens (tertiary/aromatic N) is 4. The first kappa shape index (κ1) is 27.6. The van der Waals surface area contributed by atoms with Gasteiger partial charge in [0.2, 0.25) is 5.95 Å². The quantitative estimate of drug-likeness (QED) is 0.243. The summed E-state index contributed by atoms with van der Waals surface area (Å²) in [7, 11) is 0. The molecule has 0 aliphatic heterocycles. The minimum Gasteiger partial charge on any atom is -0.396 e. The standard InChI is InChI=1S/C26H38N6O4S/c1-7-12(2)22(26(5,6)36)31-25-28-13(3)18(24-30-19-14(4)27-9-8-17(19)37-24)23(32-25)29-16-10-15(11-33)20(34)21(16)35/h8-9,12,15-16,20-22,33-36H,7,10-11H2,1-6H3,(H2,28,29,31,32). The first-order chi connectivity index (χ1) is 17.4. The van der Waals surface area contributed by atoms with Crippen LogP contribution in [0.25, 0.3) is 20.8 Å². The van der Waals surface area contributed by atoms with Crippen LogP contribution in [0, 0.1) is 25.7 Å². The molecule has 4 rings (SSSR count). The van der Waals surface area contributed by atoms with E-state index in [0.717, 1.165) is 22.3 Å². The van der Waals surface area contributed by atoms with Gasteiger partial charge in [-0.3, -0.25) is 4.98 Å². The molecule has 0 radical (unpaired) electrons. The molecule has 0 saturated heterocycles. The van der Waals surface area contributed by atoms with E-state index in [1.165, 1.54) is 11.3 Å². The van der Waals surface area contributed by atoms with Gasteiger partial charge in [0.1, 0.15) is 22.4 Å². The zero-order valence-electron chi connectivity index (χ0n) is 22.2. The molecular formula is C26H38N6O4S. The Morgan fingerprint density at radius 2 is 1.86 bits per heavy atom. The van der Waals surface area contributed by atoms with Gasteiger partial charge in [-0.05, 0) is 46.1 Å². The lowest BCUT2D eigenvalue weighted by atomic mass is 9.86.